The fourth-order valence-electron chi connectivity index (χ4n) is 2.23. The lowest BCUT2D eigenvalue weighted by molar-refractivity contribution is 0.0697. The molecule has 5 heteroatoms. The second kappa shape index (κ2) is 7.75. The van der Waals surface area contributed by atoms with Crippen LogP contribution in [0.25, 0.3) is 0 Å². The van der Waals surface area contributed by atoms with E-state index in [-0.39, 0.29) is 5.56 Å². The van der Waals surface area contributed by atoms with Crippen LogP contribution >= 0.6 is 0 Å². The number of hydrogen-bond donors (Lipinski definition) is 2. The summed E-state index contributed by atoms with van der Waals surface area (Å²) in [5.41, 5.74) is 7.64. The van der Waals surface area contributed by atoms with Crippen LogP contribution in [0.1, 0.15) is 31.1 Å². The average Bonchev–Trinajstić information content (AvgIpc) is 2.44. The van der Waals surface area contributed by atoms with Gasteiger partial charge in [-0.2, -0.15) is 0 Å². The number of nitrogen functional groups attached to an aromatic ring is 1. The number of carbonyl (C=O) groups is 1. The fraction of sp³-hybridized carbons (Fsp3) is 0.533. The van der Waals surface area contributed by atoms with Gasteiger partial charge in [-0.3, -0.25) is 0 Å². The zero-order valence-corrected chi connectivity index (χ0v) is 12.6. The summed E-state index contributed by atoms with van der Waals surface area (Å²) in [5.74, 6) is -0.950. The van der Waals surface area contributed by atoms with Crippen LogP contribution in [-0.4, -0.2) is 48.7 Å². The molecule has 0 heterocycles. The van der Waals surface area contributed by atoms with Crippen molar-refractivity contribution in [3.8, 4) is 0 Å². The molecule has 0 saturated heterocycles. The Morgan fingerprint density at radius 1 is 1.15 bits per heavy atom. The van der Waals surface area contributed by atoms with Gasteiger partial charge in [0.25, 0.3) is 0 Å². The van der Waals surface area contributed by atoms with Gasteiger partial charge in [-0.1, -0.05) is 13.8 Å². The van der Waals surface area contributed by atoms with Crippen molar-refractivity contribution in [3.05, 3.63) is 23.8 Å². The molecule has 0 saturated carbocycles. The first-order valence-corrected chi connectivity index (χ1v) is 7.13. The first-order valence-electron chi connectivity index (χ1n) is 7.13. The summed E-state index contributed by atoms with van der Waals surface area (Å²) in [4.78, 5) is 15.5. The van der Waals surface area contributed by atoms with Gasteiger partial charge in [0, 0.05) is 19.6 Å². The van der Waals surface area contributed by atoms with E-state index in [4.69, 9.17) is 10.8 Å². The van der Waals surface area contributed by atoms with Crippen molar-refractivity contribution in [1.82, 2.24) is 4.90 Å². The van der Waals surface area contributed by atoms with E-state index in [1.165, 1.54) is 6.07 Å². The number of hydrogen-bond acceptors (Lipinski definition) is 4. The highest BCUT2D eigenvalue weighted by molar-refractivity contribution is 5.90. The first-order chi connectivity index (χ1) is 9.53. The minimum atomic E-state index is -0.950. The van der Waals surface area contributed by atoms with Crippen LogP contribution in [0, 0.1) is 0 Å². The number of aromatic carboxylic acids is 1. The molecule has 0 radical (unpaired) electrons. The number of nitrogens with two attached hydrogens (primary N) is 1. The van der Waals surface area contributed by atoms with Gasteiger partial charge >= 0.3 is 5.97 Å². The number of anilines is 2. The monoisotopic (exact) mass is 279 g/mol. The lowest BCUT2D eigenvalue weighted by Gasteiger charge is -2.28. The van der Waals surface area contributed by atoms with E-state index in [1.54, 1.807) is 12.1 Å². The second-order valence-electron chi connectivity index (χ2n) is 4.69. The smallest absolute Gasteiger partial charge is 0.335 e. The van der Waals surface area contributed by atoms with Crippen molar-refractivity contribution in [2.45, 2.75) is 20.8 Å². The molecule has 1 rings (SSSR count). The molecule has 0 bridgehead atoms. The van der Waals surface area contributed by atoms with Crippen LogP contribution in [-0.2, 0) is 0 Å². The predicted molar refractivity (Wildman–Crippen MR) is 83.5 cm³/mol. The maximum absolute atomic E-state index is 10.9. The van der Waals surface area contributed by atoms with Crippen molar-refractivity contribution in [2.75, 3.05) is 43.4 Å². The molecule has 0 spiro atoms. The third-order valence-electron chi connectivity index (χ3n) is 3.58. The first kappa shape index (κ1) is 16.3. The lowest BCUT2D eigenvalue weighted by atomic mass is 10.1. The van der Waals surface area contributed by atoms with E-state index >= 15 is 0 Å². The predicted octanol–water partition coefficient (Wildman–Crippen LogP) is 2.14. The van der Waals surface area contributed by atoms with Crippen molar-refractivity contribution in [2.24, 2.45) is 0 Å². The van der Waals surface area contributed by atoms with Crippen LogP contribution in [0.5, 0.6) is 0 Å². The molecular formula is C15H25N3O2. The molecule has 0 fully saturated rings. The standard InChI is InChI=1S/C15H25N3O2/c1-4-17(5-2)9-10-18(6-3)14-8-7-12(15(19)20)11-13(14)16/h7-8,11H,4-6,9-10,16H2,1-3H3,(H,19,20). The normalized spacial score (nSPS) is 10.8. The van der Waals surface area contributed by atoms with Gasteiger partial charge in [0.05, 0.1) is 16.9 Å². The SMILES string of the molecule is CCN(CC)CCN(CC)c1ccc(C(=O)O)cc1N. The molecule has 0 aliphatic rings. The largest absolute Gasteiger partial charge is 0.478 e. The number of likely N-dealkylation sites (N-methyl/N-ethyl adjacent to an activating group) is 2. The van der Waals surface area contributed by atoms with Crippen LogP contribution < -0.4 is 10.6 Å². The summed E-state index contributed by atoms with van der Waals surface area (Å²) < 4.78 is 0. The van der Waals surface area contributed by atoms with Crippen LogP contribution in [0.3, 0.4) is 0 Å². The Morgan fingerprint density at radius 2 is 1.80 bits per heavy atom. The van der Waals surface area contributed by atoms with Crippen molar-refractivity contribution >= 4 is 17.3 Å². The second-order valence-corrected chi connectivity index (χ2v) is 4.69. The average molecular weight is 279 g/mol. The molecule has 1 aromatic carbocycles. The van der Waals surface area contributed by atoms with Gasteiger partial charge < -0.3 is 20.6 Å². The Kier molecular flexibility index (Phi) is 6.31. The number of nitrogens with zero attached hydrogens (tertiary/aromatic N) is 2. The van der Waals surface area contributed by atoms with Gasteiger partial charge in [0.1, 0.15) is 0 Å². The minimum absolute atomic E-state index is 0.228. The maximum Gasteiger partial charge on any atom is 0.335 e. The van der Waals surface area contributed by atoms with Crippen molar-refractivity contribution in [3.63, 3.8) is 0 Å². The van der Waals surface area contributed by atoms with E-state index in [2.05, 4.69) is 30.6 Å². The summed E-state index contributed by atoms with van der Waals surface area (Å²) in [6.07, 6.45) is 0. The Hall–Kier alpha value is -1.75. The highest BCUT2D eigenvalue weighted by Gasteiger charge is 2.12. The highest BCUT2D eigenvalue weighted by atomic mass is 16.4. The third-order valence-corrected chi connectivity index (χ3v) is 3.58. The van der Waals surface area contributed by atoms with Crippen LogP contribution in [0.4, 0.5) is 11.4 Å². The molecule has 0 unspecified atom stereocenters. The number of benzene rings is 1. The summed E-state index contributed by atoms with van der Waals surface area (Å²) in [6, 6.07) is 4.93. The summed E-state index contributed by atoms with van der Waals surface area (Å²) in [5, 5.41) is 8.96. The molecular weight excluding hydrogens is 254 g/mol. The Bertz CT molecular complexity index is 445. The summed E-state index contributed by atoms with van der Waals surface area (Å²) >= 11 is 0. The van der Waals surface area contributed by atoms with Gasteiger partial charge in [0.2, 0.25) is 0 Å². The number of carboxylic acid groups (broad SMARTS) is 1. The lowest BCUT2D eigenvalue weighted by Crippen LogP contribution is -2.35. The van der Waals surface area contributed by atoms with E-state index in [9.17, 15) is 4.79 Å². The van der Waals surface area contributed by atoms with Crippen LogP contribution in [0.2, 0.25) is 0 Å². The summed E-state index contributed by atoms with van der Waals surface area (Å²) in [7, 11) is 0. The van der Waals surface area contributed by atoms with Crippen molar-refractivity contribution < 1.29 is 9.90 Å². The Morgan fingerprint density at radius 3 is 2.25 bits per heavy atom. The molecule has 20 heavy (non-hydrogen) atoms. The number of carboxylic acids is 1. The zero-order chi connectivity index (χ0) is 15.1. The van der Waals surface area contributed by atoms with Crippen molar-refractivity contribution in [1.29, 1.82) is 0 Å². The molecule has 1 aromatic rings. The van der Waals surface area contributed by atoms with Gasteiger partial charge in [-0.05, 0) is 38.2 Å². The Balaban J connectivity index is 2.82. The van der Waals surface area contributed by atoms with E-state index in [1.807, 2.05) is 0 Å². The molecule has 0 amide bonds. The third kappa shape index (κ3) is 4.13. The van der Waals surface area contributed by atoms with Crippen LogP contribution in [0.15, 0.2) is 18.2 Å². The maximum atomic E-state index is 10.9. The molecule has 112 valence electrons. The number of rotatable bonds is 8. The fourth-order valence-corrected chi connectivity index (χ4v) is 2.23. The molecule has 0 atom stereocenters. The zero-order valence-electron chi connectivity index (χ0n) is 12.6. The summed E-state index contributed by atoms with van der Waals surface area (Å²) in [6.45, 7) is 11.1. The molecule has 3 N–H and O–H groups in total. The van der Waals surface area contributed by atoms with E-state index in [0.29, 0.717) is 5.69 Å². The van der Waals surface area contributed by atoms with E-state index in [0.717, 1.165) is 38.4 Å². The highest BCUT2D eigenvalue weighted by Crippen LogP contribution is 2.24. The van der Waals surface area contributed by atoms with Gasteiger partial charge in [0.15, 0.2) is 0 Å². The molecule has 5 nitrogen and oxygen atoms in total. The molecule has 0 aliphatic heterocycles. The van der Waals surface area contributed by atoms with Gasteiger partial charge in [-0.25, -0.2) is 4.79 Å². The van der Waals surface area contributed by atoms with Gasteiger partial charge in [-0.15, -0.1) is 0 Å². The van der Waals surface area contributed by atoms with E-state index < -0.39 is 5.97 Å². The molecule has 0 aromatic heterocycles. The molecule has 0 aliphatic carbocycles. The quantitative estimate of drug-likeness (QED) is 0.713. The Labute approximate surface area is 121 Å². The topological polar surface area (TPSA) is 69.8 Å². The minimum Gasteiger partial charge on any atom is -0.478 e.